The van der Waals surface area contributed by atoms with Gasteiger partial charge in [0.1, 0.15) is 5.75 Å². The minimum Gasteiger partial charge on any atom is -0.508 e. The molecule has 1 aromatic rings. The second-order valence-electron chi connectivity index (χ2n) is 10.6. The Bertz CT molecular complexity index is 778. The summed E-state index contributed by atoms with van der Waals surface area (Å²) in [6, 6.07) is 5.45. The highest BCUT2D eigenvalue weighted by atomic mass is 79.9. The molecule has 0 bridgehead atoms. The fourth-order valence-corrected chi connectivity index (χ4v) is 7.61. The highest BCUT2D eigenvalue weighted by Gasteiger charge is 2.58. The number of phenolic OH excluding ortho intramolecular Hbond substituents is 1. The van der Waals surface area contributed by atoms with Gasteiger partial charge in [0.2, 0.25) is 0 Å². The van der Waals surface area contributed by atoms with E-state index in [9.17, 15) is 15.0 Å². The molecule has 2 saturated carbocycles. The molecule has 6 atom stereocenters. The van der Waals surface area contributed by atoms with Gasteiger partial charge in [0.25, 0.3) is 0 Å². The average molecular weight is 492 g/mol. The smallest absolute Gasteiger partial charge is 0.166 e. The number of aliphatic hydroxyl groups excluding tert-OH is 1. The summed E-state index contributed by atoms with van der Waals surface area (Å²) < 4.78 is 0. The Hall–Kier alpha value is -0.870. The number of Topliss-reactive ketones (excluding diaryl/α,β-unsaturated/α-hetero) is 1. The van der Waals surface area contributed by atoms with E-state index in [-0.39, 0.29) is 29.0 Å². The number of unbranched alkanes of at least 4 members (excludes halogenated alkanes) is 6. The molecule has 3 aliphatic carbocycles. The van der Waals surface area contributed by atoms with Gasteiger partial charge in [0.15, 0.2) is 5.78 Å². The molecule has 0 radical (unpaired) electrons. The van der Waals surface area contributed by atoms with Crippen molar-refractivity contribution >= 4 is 21.7 Å². The molecule has 2 fully saturated rings. The molecule has 3 nitrogen and oxygen atoms in total. The predicted octanol–water partition coefficient (Wildman–Crippen LogP) is 6.99. The van der Waals surface area contributed by atoms with Gasteiger partial charge in [0.05, 0.1) is 6.10 Å². The third-order valence-corrected chi connectivity index (χ3v) is 9.50. The normalized spacial score (nSPS) is 34.3. The first-order valence-electron chi connectivity index (χ1n) is 12.6. The lowest BCUT2D eigenvalue weighted by atomic mass is 9.51. The van der Waals surface area contributed by atoms with Crippen LogP contribution in [0.25, 0.3) is 0 Å². The van der Waals surface area contributed by atoms with Crippen LogP contribution in [0.1, 0.15) is 106 Å². The van der Waals surface area contributed by atoms with Crippen LogP contribution in [0.4, 0.5) is 0 Å². The Morgan fingerprint density at radius 2 is 1.74 bits per heavy atom. The molecule has 0 heterocycles. The molecular formula is C27H39BrO3. The number of fused-ring (bicyclic) bond motifs is 5. The number of alkyl halides is 1. The second-order valence-corrected chi connectivity index (χ2v) is 11.4. The minimum atomic E-state index is -0.227. The van der Waals surface area contributed by atoms with Crippen molar-refractivity contribution in [1.29, 1.82) is 0 Å². The first-order chi connectivity index (χ1) is 15.0. The molecule has 4 rings (SSSR count). The molecule has 0 saturated heterocycles. The Kier molecular flexibility index (Phi) is 7.48. The van der Waals surface area contributed by atoms with E-state index in [1.807, 2.05) is 6.07 Å². The lowest BCUT2D eigenvalue weighted by molar-refractivity contribution is -0.0350. The van der Waals surface area contributed by atoms with E-state index in [4.69, 9.17) is 0 Å². The zero-order valence-electron chi connectivity index (χ0n) is 19.0. The van der Waals surface area contributed by atoms with Crippen molar-refractivity contribution in [2.45, 2.75) is 96.0 Å². The zero-order chi connectivity index (χ0) is 22.0. The third-order valence-electron chi connectivity index (χ3n) is 8.93. The molecule has 2 N–H and O–H groups in total. The van der Waals surface area contributed by atoms with Crippen molar-refractivity contribution < 1.29 is 15.0 Å². The number of rotatable bonds is 9. The first-order valence-corrected chi connectivity index (χ1v) is 13.7. The maximum Gasteiger partial charge on any atom is 0.166 e. The summed E-state index contributed by atoms with van der Waals surface area (Å²) >= 11 is 3.50. The first kappa shape index (κ1) is 23.3. The number of phenols is 1. The fourth-order valence-electron chi connectivity index (χ4n) is 7.21. The lowest BCUT2D eigenvalue weighted by Gasteiger charge is -2.52. The van der Waals surface area contributed by atoms with Crippen molar-refractivity contribution in [3.63, 3.8) is 0 Å². The number of carbonyl (C=O) groups is 1. The molecule has 31 heavy (non-hydrogen) atoms. The summed E-state index contributed by atoms with van der Waals surface area (Å²) in [4.78, 5) is 13.7. The van der Waals surface area contributed by atoms with Gasteiger partial charge >= 0.3 is 0 Å². The summed E-state index contributed by atoms with van der Waals surface area (Å²) in [6.45, 7) is 2.27. The number of aromatic hydroxyl groups is 1. The average Bonchev–Trinajstić information content (AvgIpc) is 3.06. The topological polar surface area (TPSA) is 57.5 Å². The SMILES string of the molecule is C[C@]12CCC3c4ccc(O)cc4C(=O)[C@@H](CCCCCCCCCBr)C3C1CC[C@@H]2O. The Morgan fingerprint density at radius 3 is 2.48 bits per heavy atom. The Balaban J connectivity index is 1.49. The molecule has 4 heteroatoms. The Morgan fingerprint density at radius 1 is 1.03 bits per heavy atom. The predicted molar refractivity (Wildman–Crippen MR) is 129 cm³/mol. The number of carbonyl (C=O) groups excluding carboxylic acids is 1. The van der Waals surface area contributed by atoms with Crippen LogP contribution in [-0.2, 0) is 0 Å². The lowest BCUT2D eigenvalue weighted by Crippen LogP contribution is -2.49. The van der Waals surface area contributed by atoms with E-state index >= 15 is 0 Å². The second kappa shape index (κ2) is 9.95. The zero-order valence-corrected chi connectivity index (χ0v) is 20.6. The van der Waals surface area contributed by atoms with E-state index < -0.39 is 0 Å². The van der Waals surface area contributed by atoms with E-state index in [1.165, 1.54) is 38.5 Å². The summed E-state index contributed by atoms with van der Waals surface area (Å²) in [7, 11) is 0. The molecule has 0 spiro atoms. The molecule has 0 amide bonds. The molecule has 3 unspecified atom stereocenters. The van der Waals surface area contributed by atoms with Gasteiger partial charge in [-0.05, 0) is 79.4 Å². The van der Waals surface area contributed by atoms with Crippen molar-refractivity contribution in [3.05, 3.63) is 29.3 Å². The van der Waals surface area contributed by atoms with Crippen molar-refractivity contribution in [1.82, 2.24) is 0 Å². The summed E-state index contributed by atoms with van der Waals surface area (Å²) in [6.07, 6.45) is 13.5. The summed E-state index contributed by atoms with van der Waals surface area (Å²) in [5.74, 6) is 1.66. The van der Waals surface area contributed by atoms with E-state index in [0.717, 1.165) is 55.0 Å². The van der Waals surface area contributed by atoms with Gasteiger partial charge in [-0.1, -0.05) is 67.4 Å². The Labute approximate surface area is 196 Å². The number of benzene rings is 1. The third kappa shape index (κ3) is 4.49. The number of hydrogen-bond donors (Lipinski definition) is 2. The molecule has 1 aromatic carbocycles. The number of ketones is 1. The summed E-state index contributed by atoms with van der Waals surface area (Å²) in [5.41, 5.74) is 1.88. The summed E-state index contributed by atoms with van der Waals surface area (Å²) in [5, 5.41) is 21.9. The van der Waals surface area contributed by atoms with E-state index in [1.54, 1.807) is 12.1 Å². The maximum absolute atomic E-state index is 13.7. The minimum absolute atomic E-state index is 0.0382. The largest absolute Gasteiger partial charge is 0.508 e. The monoisotopic (exact) mass is 490 g/mol. The van der Waals surface area contributed by atoms with E-state index in [0.29, 0.717) is 17.8 Å². The van der Waals surface area contributed by atoms with Crippen LogP contribution in [0.2, 0.25) is 0 Å². The molecular weight excluding hydrogens is 452 g/mol. The van der Waals surface area contributed by atoms with Crippen molar-refractivity contribution in [3.8, 4) is 5.75 Å². The van der Waals surface area contributed by atoms with Gasteiger partial charge < -0.3 is 10.2 Å². The van der Waals surface area contributed by atoms with Gasteiger partial charge in [0, 0.05) is 16.8 Å². The highest BCUT2D eigenvalue weighted by Crippen LogP contribution is 2.62. The maximum atomic E-state index is 13.7. The van der Waals surface area contributed by atoms with Crippen molar-refractivity contribution in [2.75, 3.05) is 5.33 Å². The fraction of sp³-hybridized carbons (Fsp3) is 0.741. The van der Waals surface area contributed by atoms with Crippen LogP contribution in [0.5, 0.6) is 5.75 Å². The van der Waals surface area contributed by atoms with Crippen LogP contribution in [0, 0.1) is 23.2 Å². The van der Waals surface area contributed by atoms with Crippen LogP contribution in [0.15, 0.2) is 18.2 Å². The molecule has 172 valence electrons. The van der Waals surface area contributed by atoms with Crippen LogP contribution in [0.3, 0.4) is 0 Å². The van der Waals surface area contributed by atoms with Crippen LogP contribution < -0.4 is 0 Å². The van der Waals surface area contributed by atoms with Crippen LogP contribution >= 0.6 is 15.9 Å². The van der Waals surface area contributed by atoms with Gasteiger partial charge in [-0.25, -0.2) is 0 Å². The van der Waals surface area contributed by atoms with Gasteiger partial charge in [-0.2, -0.15) is 0 Å². The molecule has 0 aromatic heterocycles. The van der Waals surface area contributed by atoms with Crippen molar-refractivity contribution in [2.24, 2.45) is 23.2 Å². The van der Waals surface area contributed by atoms with E-state index in [2.05, 4.69) is 22.9 Å². The molecule has 0 aliphatic heterocycles. The van der Waals surface area contributed by atoms with Crippen LogP contribution in [-0.4, -0.2) is 27.4 Å². The number of halogens is 1. The quantitative estimate of drug-likeness (QED) is 0.289. The molecule has 3 aliphatic rings. The van der Waals surface area contributed by atoms with Gasteiger partial charge in [-0.3, -0.25) is 4.79 Å². The number of aliphatic hydroxyl groups is 1. The van der Waals surface area contributed by atoms with Gasteiger partial charge in [-0.15, -0.1) is 0 Å². The number of hydrogen-bond acceptors (Lipinski definition) is 3. The highest BCUT2D eigenvalue weighted by molar-refractivity contribution is 9.09. The standard InChI is InChI=1S/C27H39BrO3/c1-27-15-14-20-19-11-10-18(29)17-22(19)26(31)21(25(20)23(27)12-13-24(27)30)9-7-5-3-2-4-6-8-16-28/h10-11,17,20-21,23-25,29-30H,2-9,12-16H2,1H3/t20?,21-,23?,24-,25?,27-/m0/s1.